The number of nitrogens with two attached hydrogens (primary N) is 1. The molecule has 13 heavy (non-hydrogen) atoms. The second kappa shape index (κ2) is 3.92. The lowest BCUT2D eigenvalue weighted by Gasteiger charge is -2.35. The SMILES string of the molecule is C=C1CCC(CN)(CC(=O)O)CC1. The molecule has 3 nitrogen and oxygen atoms in total. The average molecular weight is 183 g/mol. The van der Waals surface area contributed by atoms with Gasteiger partial charge in [-0.15, -0.1) is 0 Å². The zero-order valence-electron chi connectivity index (χ0n) is 7.88. The van der Waals surface area contributed by atoms with Gasteiger partial charge in [0.25, 0.3) is 0 Å². The third kappa shape index (κ3) is 2.56. The molecule has 3 N–H and O–H groups in total. The van der Waals surface area contributed by atoms with Crippen LogP contribution in [-0.2, 0) is 4.79 Å². The molecule has 74 valence electrons. The number of hydrogen-bond donors (Lipinski definition) is 2. The maximum Gasteiger partial charge on any atom is 0.303 e. The van der Waals surface area contributed by atoms with Gasteiger partial charge in [0.2, 0.25) is 0 Å². The van der Waals surface area contributed by atoms with Crippen molar-refractivity contribution in [3.8, 4) is 0 Å². The molecular weight excluding hydrogens is 166 g/mol. The maximum absolute atomic E-state index is 10.6. The summed E-state index contributed by atoms with van der Waals surface area (Å²) >= 11 is 0. The lowest BCUT2D eigenvalue weighted by molar-refractivity contribution is -0.140. The molecule has 1 fully saturated rings. The summed E-state index contributed by atoms with van der Waals surface area (Å²) in [5.41, 5.74) is 6.71. The lowest BCUT2D eigenvalue weighted by atomic mass is 9.71. The quantitative estimate of drug-likeness (QED) is 0.652. The molecule has 1 aliphatic carbocycles. The zero-order valence-corrected chi connectivity index (χ0v) is 7.88. The smallest absolute Gasteiger partial charge is 0.303 e. The molecule has 1 rings (SSSR count). The highest BCUT2D eigenvalue weighted by atomic mass is 16.4. The van der Waals surface area contributed by atoms with Gasteiger partial charge < -0.3 is 10.8 Å². The minimum atomic E-state index is -0.738. The Morgan fingerprint density at radius 1 is 1.54 bits per heavy atom. The van der Waals surface area contributed by atoms with E-state index in [4.69, 9.17) is 10.8 Å². The van der Waals surface area contributed by atoms with Gasteiger partial charge in [0.1, 0.15) is 0 Å². The Morgan fingerprint density at radius 3 is 2.46 bits per heavy atom. The number of carboxylic acids is 1. The van der Waals surface area contributed by atoms with Crippen molar-refractivity contribution < 1.29 is 9.90 Å². The Hall–Kier alpha value is -0.830. The van der Waals surface area contributed by atoms with Gasteiger partial charge in [0, 0.05) is 0 Å². The Bertz CT molecular complexity index is 213. The third-order valence-corrected chi connectivity index (χ3v) is 2.98. The van der Waals surface area contributed by atoms with Crippen molar-refractivity contribution in [1.29, 1.82) is 0 Å². The normalized spacial score (nSPS) is 21.5. The van der Waals surface area contributed by atoms with Crippen molar-refractivity contribution in [2.75, 3.05) is 6.54 Å². The fraction of sp³-hybridized carbons (Fsp3) is 0.700. The van der Waals surface area contributed by atoms with Crippen molar-refractivity contribution in [1.82, 2.24) is 0 Å². The van der Waals surface area contributed by atoms with Crippen LogP contribution >= 0.6 is 0 Å². The van der Waals surface area contributed by atoms with Crippen molar-refractivity contribution in [2.24, 2.45) is 11.1 Å². The van der Waals surface area contributed by atoms with E-state index < -0.39 is 5.97 Å². The molecule has 0 heterocycles. The molecule has 0 unspecified atom stereocenters. The summed E-state index contributed by atoms with van der Waals surface area (Å²) in [5, 5.41) is 8.75. The number of carboxylic acid groups (broad SMARTS) is 1. The standard InChI is InChI=1S/C10H17NO2/c1-8-2-4-10(7-11,5-3-8)6-9(12)13/h1-7,11H2,(H,12,13). The van der Waals surface area contributed by atoms with Gasteiger partial charge in [-0.2, -0.15) is 0 Å². The van der Waals surface area contributed by atoms with Crippen LogP contribution in [0.25, 0.3) is 0 Å². The molecule has 0 aromatic heterocycles. The van der Waals surface area contributed by atoms with Gasteiger partial charge >= 0.3 is 5.97 Å². The highest BCUT2D eigenvalue weighted by Gasteiger charge is 2.33. The Balaban J connectivity index is 2.60. The fourth-order valence-electron chi connectivity index (χ4n) is 1.91. The van der Waals surface area contributed by atoms with Crippen molar-refractivity contribution in [2.45, 2.75) is 32.1 Å². The van der Waals surface area contributed by atoms with E-state index >= 15 is 0 Å². The zero-order chi connectivity index (χ0) is 9.90. The Kier molecular flexibility index (Phi) is 3.09. The summed E-state index contributed by atoms with van der Waals surface area (Å²) in [6.07, 6.45) is 3.84. The summed E-state index contributed by atoms with van der Waals surface area (Å²) in [5.74, 6) is -0.738. The van der Waals surface area contributed by atoms with Crippen LogP contribution in [0.5, 0.6) is 0 Å². The first-order valence-corrected chi connectivity index (χ1v) is 4.66. The topological polar surface area (TPSA) is 63.3 Å². The van der Waals surface area contributed by atoms with Crippen LogP contribution in [0.4, 0.5) is 0 Å². The average Bonchev–Trinajstić information content (AvgIpc) is 2.09. The fourth-order valence-corrected chi connectivity index (χ4v) is 1.91. The van der Waals surface area contributed by atoms with E-state index in [-0.39, 0.29) is 11.8 Å². The van der Waals surface area contributed by atoms with Crippen LogP contribution in [-0.4, -0.2) is 17.6 Å². The van der Waals surface area contributed by atoms with Gasteiger partial charge in [-0.1, -0.05) is 12.2 Å². The first-order valence-electron chi connectivity index (χ1n) is 4.66. The maximum atomic E-state index is 10.6. The highest BCUT2D eigenvalue weighted by molar-refractivity contribution is 5.67. The predicted octanol–water partition coefficient (Wildman–Crippen LogP) is 1.54. The summed E-state index contributed by atoms with van der Waals surface area (Å²) in [7, 11) is 0. The van der Waals surface area contributed by atoms with E-state index in [1.807, 2.05) is 0 Å². The molecule has 0 aliphatic heterocycles. The van der Waals surface area contributed by atoms with E-state index in [1.54, 1.807) is 0 Å². The molecule has 0 amide bonds. The van der Waals surface area contributed by atoms with Crippen molar-refractivity contribution in [3.05, 3.63) is 12.2 Å². The molecule has 0 spiro atoms. The van der Waals surface area contributed by atoms with Crippen molar-refractivity contribution in [3.63, 3.8) is 0 Å². The van der Waals surface area contributed by atoms with Crippen LogP contribution in [0.15, 0.2) is 12.2 Å². The number of hydrogen-bond acceptors (Lipinski definition) is 2. The van der Waals surface area contributed by atoms with Gasteiger partial charge in [-0.05, 0) is 37.6 Å². The van der Waals surface area contributed by atoms with E-state index in [0.29, 0.717) is 6.54 Å². The van der Waals surface area contributed by atoms with Gasteiger partial charge in [0.15, 0.2) is 0 Å². The highest BCUT2D eigenvalue weighted by Crippen LogP contribution is 2.39. The van der Waals surface area contributed by atoms with Crippen LogP contribution in [0, 0.1) is 5.41 Å². The molecule has 3 heteroatoms. The molecule has 0 bridgehead atoms. The summed E-state index contributed by atoms with van der Waals surface area (Å²) in [6, 6.07) is 0. The van der Waals surface area contributed by atoms with E-state index in [0.717, 1.165) is 25.7 Å². The predicted molar refractivity (Wildman–Crippen MR) is 51.3 cm³/mol. The summed E-state index contributed by atoms with van der Waals surface area (Å²) in [6.45, 7) is 4.38. The van der Waals surface area contributed by atoms with Crippen LogP contribution in [0.2, 0.25) is 0 Å². The van der Waals surface area contributed by atoms with Crippen LogP contribution < -0.4 is 5.73 Å². The first kappa shape index (κ1) is 10.3. The van der Waals surface area contributed by atoms with Gasteiger partial charge in [0.05, 0.1) is 6.42 Å². The molecule has 0 aromatic carbocycles. The number of aliphatic carboxylic acids is 1. The molecular formula is C10H17NO2. The van der Waals surface area contributed by atoms with E-state index in [1.165, 1.54) is 5.57 Å². The second-order valence-corrected chi connectivity index (χ2v) is 4.02. The third-order valence-electron chi connectivity index (χ3n) is 2.98. The summed E-state index contributed by atoms with van der Waals surface area (Å²) in [4.78, 5) is 10.6. The molecule has 0 atom stereocenters. The van der Waals surface area contributed by atoms with E-state index in [9.17, 15) is 4.79 Å². The second-order valence-electron chi connectivity index (χ2n) is 4.02. The number of rotatable bonds is 3. The Morgan fingerprint density at radius 2 is 2.08 bits per heavy atom. The summed E-state index contributed by atoms with van der Waals surface area (Å²) < 4.78 is 0. The minimum Gasteiger partial charge on any atom is -0.481 e. The largest absolute Gasteiger partial charge is 0.481 e. The number of carbonyl (C=O) groups is 1. The molecule has 1 saturated carbocycles. The molecule has 0 aromatic rings. The minimum absolute atomic E-state index is 0.160. The Labute approximate surface area is 78.6 Å². The van der Waals surface area contributed by atoms with Gasteiger partial charge in [-0.3, -0.25) is 4.79 Å². The van der Waals surface area contributed by atoms with E-state index in [2.05, 4.69) is 6.58 Å². The molecule has 0 radical (unpaired) electrons. The number of allylic oxidation sites excluding steroid dienone is 1. The van der Waals surface area contributed by atoms with Crippen LogP contribution in [0.1, 0.15) is 32.1 Å². The lowest BCUT2D eigenvalue weighted by Crippen LogP contribution is -2.35. The van der Waals surface area contributed by atoms with Crippen molar-refractivity contribution >= 4 is 5.97 Å². The molecule has 1 aliphatic rings. The first-order chi connectivity index (χ1) is 6.08. The van der Waals surface area contributed by atoms with Gasteiger partial charge in [-0.25, -0.2) is 0 Å². The molecule has 0 saturated heterocycles. The van der Waals surface area contributed by atoms with Crippen LogP contribution in [0.3, 0.4) is 0 Å². The monoisotopic (exact) mass is 183 g/mol.